The molecule has 0 unspecified atom stereocenters. The van der Waals surface area contributed by atoms with Crippen molar-refractivity contribution in [3.8, 4) is 0 Å². The van der Waals surface area contributed by atoms with E-state index in [1.165, 1.54) is 0 Å². The lowest BCUT2D eigenvalue weighted by atomic mass is 10.1. The molecule has 3 aromatic heterocycles. The minimum absolute atomic E-state index is 0.351. The second-order valence-electron chi connectivity index (χ2n) is 15.9. The zero-order chi connectivity index (χ0) is 36.2. The minimum atomic E-state index is -0.758. The van der Waals surface area contributed by atoms with Crippen molar-refractivity contribution in [3.63, 3.8) is 0 Å². The molecule has 9 rings (SSSR count). The fourth-order valence-electron chi connectivity index (χ4n) is 7.97. The maximum Gasteiger partial charge on any atom is 0.163 e. The van der Waals surface area contributed by atoms with E-state index in [-0.39, 0.29) is 18.3 Å². The van der Waals surface area contributed by atoms with E-state index in [0.29, 0.717) is 26.4 Å². The van der Waals surface area contributed by atoms with Crippen LogP contribution in [-0.4, -0.2) is 69.5 Å². The molecule has 0 aromatic carbocycles. The molecular weight excluding hydrogens is 664 g/mol. The molecule has 52 heavy (non-hydrogen) atoms. The molecule has 0 aliphatic carbocycles. The Morgan fingerprint density at radius 3 is 1.00 bits per heavy atom. The van der Waals surface area contributed by atoms with E-state index in [9.17, 15) is 0 Å². The van der Waals surface area contributed by atoms with E-state index >= 15 is 0 Å². The molecule has 8 bridgehead atoms. The molecule has 2 N–H and O–H groups in total. The van der Waals surface area contributed by atoms with Gasteiger partial charge < -0.3 is 47.9 Å². The summed E-state index contributed by atoms with van der Waals surface area (Å²) in [7, 11) is 0. The van der Waals surface area contributed by atoms with Crippen molar-refractivity contribution in [2.24, 2.45) is 0 Å². The molecule has 4 saturated heterocycles. The van der Waals surface area contributed by atoms with Crippen molar-refractivity contribution in [3.05, 3.63) is 69.3 Å². The summed E-state index contributed by atoms with van der Waals surface area (Å²) in [6.07, 6.45) is 6.62. The van der Waals surface area contributed by atoms with Crippen LogP contribution in [0.15, 0.2) is 24.3 Å². The summed E-state index contributed by atoms with van der Waals surface area (Å²) < 4.78 is 50.3. The lowest BCUT2D eigenvalue weighted by molar-refractivity contribution is -0.139. The Labute approximate surface area is 302 Å². The Morgan fingerprint density at radius 2 is 0.692 bits per heavy atom. The summed E-state index contributed by atoms with van der Waals surface area (Å²) >= 11 is 0. The van der Waals surface area contributed by atoms with Crippen molar-refractivity contribution in [1.82, 2.24) is 19.9 Å². The number of hydrogen-bond acceptors (Lipinski definition) is 10. The van der Waals surface area contributed by atoms with Gasteiger partial charge in [0.1, 0.15) is 24.4 Å². The summed E-state index contributed by atoms with van der Waals surface area (Å²) in [5, 5.41) is 0. The first-order valence-electron chi connectivity index (χ1n) is 18.1. The number of nitrogens with zero attached hydrogens (tertiary/aromatic N) is 2. The third kappa shape index (κ3) is 6.14. The molecule has 3 aromatic rings. The van der Waals surface area contributed by atoms with Gasteiger partial charge in [0.25, 0.3) is 0 Å². The monoisotopic (exact) mass is 710 g/mol. The van der Waals surface area contributed by atoms with Crippen molar-refractivity contribution in [1.29, 1.82) is 0 Å². The maximum atomic E-state index is 6.50. The summed E-state index contributed by atoms with van der Waals surface area (Å²) in [5.41, 5.74) is 10.1. The second kappa shape index (κ2) is 11.9. The first kappa shape index (κ1) is 34.1. The van der Waals surface area contributed by atoms with Gasteiger partial charge in [0, 0.05) is 44.3 Å². The fourth-order valence-corrected chi connectivity index (χ4v) is 7.97. The first-order valence-corrected chi connectivity index (χ1v) is 18.1. The highest BCUT2D eigenvalue weighted by molar-refractivity contribution is 5.84. The van der Waals surface area contributed by atoms with Gasteiger partial charge in [-0.2, -0.15) is 0 Å². The Morgan fingerprint density at radius 1 is 0.423 bits per heavy atom. The molecule has 12 nitrogen and oxygen atoms in total. The van der Waals surface area contributed by atoms with Gasteiger partial charge in [-0.15, -0.1) is 0 Å². The molecule has 0 saturated carbocycles. The van der Waals surface area contributed by atoms with Gasteiger partial charge >= 0.3 is 0 Å². The maximum absolute atomic E-state index is 6.50. The van der Waals surface area contributed by atoms with Crippen LogP contribution in [0, 0.1) is 0 Å². The molecule has 274 valence electrons. The standard InChI is InChI=1S/C40H46N4O8/c1-37(2)45-17-29(49-37)33-21-9-11-23(41-21)34(30-18-46-38(3,4)50-30)25-13-15-27(43-25)36(32-20-48-40(7,8)52-32)28-16-14-26(44-28)35(24-12-10-22(33)42-24)31-19-47-39(5,6)51-31/h9-16,29-32,41-42H,17-20H2,1-8H3/t29-,30+,31+,32-/m1/s1. The molecule has 0 radical (unpaired) electrons. The quantitative estimate of drug-likeness (QED) is 0.189. The predicted octanol–water partition coefficient (Wildman–Crippen LogP) is 7.95. The van der Waals surface area contributed by atoms with Crippen LogP contribution in [-0.2, 0) is 37.9 Å². The first-order chi connectivity index (χ1) is 24.6. The molecule has 0 spiro atoms. The lowest BCUT2D eigenvalue weighted by Crippen LogP contribution is -2.20. The van der Waals surface area contributed by atoms with Crippen LogP contribution in [0.3, 0.4) is 0 Å². The van der Waals surface area contributed by atoms with Gasteiger partial charge in [-0.3, -0.25) is 0 Å². The number of fused-ring (bicyclic) bond motifs is 8. The van der Waals surface area contributed by atoms with Gasteiger partial charge in [-0.05, 0) is 104 Å². The Balaban J connectivity index is 1.37. The molecule has 6 aliphatic rings. The van der Waals surface area contributed by atoms with Crippen LogP contribution in [0.2, 0.25) is 0 Å². The van der Waals surface area contributed by atoms with Crippen LogP contribution in [0.5, 0.6) is 0 Å². The molecule has 9 heterocycles. The van der Waals surface area contributed by atoms with E-state index in [0.717, 1.165) is 67.1 Å². The average Bonchev–Trinajstić information content (AvgIpc) is 3.90. The van der Waals surface area contributed by atoms with Crippen molar-refractivity contribution in [2.45, 2.75) is 103 Å². The van der Waals surface area contributed by atoms with Crippen LogP contribution in [0.1, 0.15) is 125 Å². The number of aromatic amines is 2. The van der Waals surface area contributed by atoms with Crippen LogP contribution in [0.4, 0.5) is 0 Å². The van der Waals surface area contributed by atoms with E-state index in [4.69, 9.17) is 47.9 Å². The van der Waals surface area contributed by atoms with E-state index < -0.39 is 29.3 Å². The number of nitrogens with one attached hydrogen (secondary N) is 2. The smallest absolute Gasteiger partial charge is 0.163 e. The summed E-state index contributed by atoms with van der Waals surface area (Å²) in [6, 6.07) is 8.31. The molecule has 4 atom stereocenters. The van der Waals surface area contributed by atoms with Gasteiger partial charge in [-0.25, -0.2) is 9.97 Å². The van der Waals surface area contributed by atoms with Crippen molar-refractivity contribution in [2.75, 3.05) is 26.4 Å². The SMILES string of the molecule is CC1(C)OC[C@@H](c2c3nc(c([C@H]4COC(C)(C)O4)c4nc(c([C@@H]5COC(C)(C)O5)c5ccc([nH]5)c([C@H]5COC(C)(C)O5)c5ccc2[nH]5)C=C4)C=C3)O1. The summed E-state index contributed by atoms with van der Waals surface area (Å²) in [6.45, 7) is 17.0. The molecule has 12 heteroatoms. The highest BCUT2D eigenvalue weighted by atomic mass is 16.8. The topological polar surface area (TPSA) is 131 Å². The van der Waals surface area contributed by atoms with E-state index in [1.54, 1.807) is 0 Å². The number of rotatable bonds is 4. The summed E-state index contributed by atoms with van der Waals surface area (Å²) in [5.74, 6) is -2.99. The summed E-state index contributed by atoms with van der Waals surface area (Å²) in [4.78, 5) is 18.0. The van der Waals surface area contributed by atoms with Crippen molar-refractivity contribution >= 4 is 46.4 Å². The van der Waals surface area contributed by atoms with Gasteiger partial charge in [0.2, 0.25) is 0 Å². The zero-order valence-electron chi connectivity index (χ0n) is 30.9. The Kier molecular flexibility index (Phi) is 7.79. The largest absolute Gasteiger partial charge is 0.355 e. The number of H-pyrrole nitrogens is 2. The number of hydrogen-bond donors (Lipinski definition) is 2. The molecular formula is C40H46N4O8. The van der Waals surface area contributed by atoms with E-state index in [1.807, 2.05) is 79.7 Å². The number of aromatic nitrogens is 4. The third-order valence-corrected chi connectivity index (χ3v) is 10.2. The fraction of sp³-hybridized carbons (Fsp3) is 0.500. The molecule has 6 aliphatic heterocycles. The third-order valence-electron chi connectivity index (χ3n) is 10.2. The van der Waals surface area contributed by atoms with Crippen LogP contribution < -0.4 is 0 Å². The predicted molar refractivity (Wildman–Crippen MR) is 194 cm³/mol. The van der Waals surface area contributed by atoms with Gasteiger partial charge in [0.05, 0.1) is 49.2 Å². The number of ether oxygens (including phenoxy) is 8. The highest BCUT2D eigenvalue weighted by Gasteiger charge is 2.40. The van der Waals surface area contributed by atoms with Crippen molar-refractivity contribution < 1.29 is 37.9 Å². The average molecular weight is 711 g/mol. The van der Waals surface area contributed by atoms with Crippen LogP contribution >= 0.6 is 0 Å². The Bertz CT molecular complexity index is 2050. The minimum Gasteiger partial charge on any atom is -0.355 e. The molecule has 0 amide bonds. The van der Waals surface area contributed by atoms with E-state index in [2.05, 4.69) is 34.2 Å². The zero-order valence-corrected chi connectivity index (χ0v) is 30.9. The highest BCUT2D eigenvalue weighted by Crippen LogP contribution is 2.43. The Hall–Kier alpha value is -3.72. The van der Waals surface area contributed by atoms with Crippen LogP contribution in [0.25, 0.3) is 46.4 Å². The lowest BCUT2D eigenvalue weighted by Gasteiger charge is -2.18. The van der Waals surface area contributed by atoms with Gasteiger partial charge in [-0.1, -0.05) is 0 Å². The van der Waals surface area contributed by atoms with Gasteiger partial charge in [0.15, 0.2) is 23.1 Å². The normalized spacial score (nSPS) is 28.3. The molecule has 4 fully saturated rings. The second-order valence-corrected chi connectivity index (χ2v) is 15.9.